The monoisotopic (exact) mass is 291 g/mol. The molecule has 0 aliphatic heterocycles. The van der Waals surface area contributed by atoms with Gasteiger partial charge in [0.2, 0.25) is 0 Å². The third-order valence-electron chi connectivity index (χ3n) is 2.67. The van der Waals surface area contributed by atoms with Crippen molar-refractivity contribution >= 4 is 15.8 Å². The molecule has 104 valence electrons. The smallest absolute Gasteiger partial charge is 0.338 e. The van der Waals surface area contributed by atoms with Crippen LogP contribution < -0.4 is 0 Å². The van der Waals surface area contributed by atoms with Gasteiger partial charge in [0.25, 0.3) is 0 Å². The van der Waals surface area contributed by atoms with Gasteiger partial charge in [-0.2, -0.15) is 0 Å². The zero-order valence-electron chi connectivity index (χ0n) is 10.8. The molecular formula is C14H13NO4S. The number of aromatic nitrogens is 1. The quantitative estimate of drug-likeness (QED) is 0.804. The largest absolute Gasteiger partial charge is 0.465 e. The van der Waals surface area contributed by atoms with E-state index >= 15 is 0 Å². The lowest BCUT2D eigenvalue weighted by Crippen LogP contribution is -2.09. The van der Waals surface area contributed by atoms with Gasteiger partial charge >= 0.3 is 5.97 Å². The fourth-order valence-corrected chi connectivity index (χ4v) is 3.00. The number of esters is 1. The van der Waals surface area contributed by atoms with E-state index in [0.717, 1.165) is 0 Å². The van der Waals surface area contributed by atoms with E-state index in [1.807, 2.05) is 6.07 Å². The van der Waals surface area contributed by atoms with Crippen molar-refractivity contribution in [1.29, 1.82) is 0 Å². The summed E-state index contributed by atoms with van der Waals surface area (Å²) in [5, 5.41) is -0.135. The van der Waals surface area contributed by atoms with Crippen molar-refractivity contribution in [3.63, 3.8) is 0 Å². The lowest BCUT2D eigenvalue weighted by Gasteiger charge is -2.05. The van der Waals surface area contributed by atoms with Crippen LogP contribution in [0.25, 0.3) is 0 Å². The number of carbonyl (C=O) groups is 1. The van der Waals surface area contributed by atoms with Crippen molar-refractivity contribution in [1.82, 2.24) is 4.98 Å². The highest BCUT2D eigenvalue weighted by atomic mass is 32.2. The molecule has 0 spiro atoms. The molecule has 0 radical (unpaired) electrons. The van der Waals surface area contributed by atoms with Gasteiger partial charge in [-0.3, -0.25) is 0 Å². The number of ether oxygens (including phenoxy) is 1. The van der Waals surface area contributed by atoms with E-state index in [1.54, 1.807) is 24.3 Å². The van der Waals surface area contributed by atoms with Crippen molar-refractivity contribution in [2.75, 3.05) is 7.11 Å². The van der Waals surface area contributed by atoms with Crippen LogP contribution in [0.15, 0.2) is 53.7 Å². The number of rotatable bonds is 4. The number of hydrogen-bond acceptors (Lipinski definition) is 5. The molecule has 0 fully saturated rings. The standard InChI is InChI=1S/C14H13NO4S/c1-19-14(16)12-7-8-15-13(9-12)20(17,18)10-11-5-3-2-4-6-11/h2-9H,10H2,1H3. The van der Waals surface area contributed by atoms with Crippen molar-refractivity contribution in [2.24, 2.45) is 0 Å². The number of pyridine rings is 1. The van der Waals surface area contributed by atoms with Gasteiger partial charge in [-0.15, -0.1) is 0 Å². The maximum atomic E-state index is 12.3. The number of nitrogens with zero attached hydrogens (tertiary/aromatic N) is 1. The summed E-state index contributed by atoms with van der Waals surface area (Å²) >= 11 is 0. The van der Waals surface area contributed by atoms with Crippen molar-refractivity contribution < 1.29 is 17.9 Å². The Morgan fingerprint density at radius 1 is 1.20 bits per heavy atom. The molecular weight excluding hydrogens is 278 g/mol. The molecule has 0 saturated carbocycles. The van der Waals surface area contributed by atoms with Gasteiger partial charge in [0.15, 0.2) is 14.9 Å². The molecule has 0 aliphatic rings. The van der Waals surface area contributed by atoms with E-state index < -0.39 is 15.8 Å². The molecule has 0 aliphatic carbocycles. The molecule has 0 unspecified atom stereocenters. The first-order chi connectivity index (χ1) is 9.53. The van der Waals surface area contributed by atoms with E-state index in [0.29, 0.717) is 5.56 Å². The van der Waals surface area contributed by atoms with Gasteiger partial charge in [-0.25, -0.2) is 18.2 Å². The Balaban J connectivity index is 2.33. The van der Waals surface area contributed by atoms with Gasteiger partial charge < -0.3 is 4.74 Å². The van der Waals surface area contributed by atoms with Crippen LogP contribution in [0.4, 0.5) is 0 Å². The fourth-order valence-electron chi connectivity index (χ4n) is 1.69. The van der Waals surface area contributed by atoms with Crippen LogP contribution in [0.2, 0.25) is 0 Å². The summed E-state index contributed by atoms with van der Waals surface area (Å²) < 4.78 is 29.1. The van der Waals surface area contributed by atoms with Crippen LogP contribution in [0.1, 0.15) is 15.9 Å². The average Bonchev–Trinajstić information content (AvgIpc) is 2.47. The molecule has 20 heavy (non-hydrogen) atoms. The van der Waals surface area contributed by atoms with Crippen molar-refractivity contribution in [3.05, 3.63) is 59.8 Å². The molecule has 0 amide bonds. The van der Waals surface area contributed by atoms with E-state index in [1.165, 1.54) is 25.4 Å². The van der Waals surface area contributed by atoms with Crippen LogP contribution in [0.5, 0.6) is 0 Å². The fraction of sp³-hybridized carbons (Fsp3) is 0.143. The molecule has 1 aromatic carbocycles. The summed E-state index contributed by atoms with van der Waals surface area (Å²) in [6.45, 7) is 0. The molecule has 0 bridgehead atoms. The molecule has 0 N–H and O–H groups in total. The molecule has 6 heteroatoms. The van der Waals surface area contributed by atoms with Crippen molar-refractivity contribution in [3.8, 4) is 0 Å². The SMILES string of the molecule is COC(=O)c1ccnc(S(=O)(=O)Cc2ccccc2)c1. The molecule has 2 rings (SSSR count). The zero-order chi connectivity index (χ0) is 14.6. The number of sulfone groups is 1. The van der Waals surface area contributed by atoms with Crippen LogP contribution in [-0.2, 0) is 20.3 Å². The molecule has 1 aromatic heterocycles. The molecule has 1 heterocycles. The summed E-state index contributed by atoms with van der Waals surface area (Å²) in [6.07, 6.45) is 1.28. The second kappa shape index (κ2) is 5.83. The Bertz CT molecular complexity index is 711. The summed E-state index contributed by atoms with van der Waals surface area (Å²) in [5.41, 5.74) is 0.826. The number of benzene rings is 1. The van der Waals surface area contributed by atoms with E-state index in [2.05, 4.69) is 9.72 Å². The molecule has 2 aromatic rings. The van der Waals surface area contributed by atoms with Gasteiger partial charge in [0, 0.05) is 6.20 Å². The topological polar surface area (TPSA) is 73.3 Å². The van der Waals surface area contributed by atoms with Gasteiger partial charge in [-0.1, -0.05) is 30.3 Å². The average molecular weight is 291 g/mol. The summed E-state index contributed by atoms with van der Waals surface area (Å²) in [5.74, 6) is -0.755. The zero-order valence-corrected chi connectivity index (χ0v) is 11.6. The summed E-state index contributed by atoms with van der Waals surface area (Å²) in [7, 11) is -2.36. The van der Waals surface area contributed by atoms with E-state index in [9.17, 15) is 13.2 Å². The van der Waals surface area contributed by atoms with Gasteiger partial charge in [0.05, 0.1) is 18.4 Å². The second-order valence-corrected chi connectivity index (χ2v) is 6.06. The molecule has 0 atom stereocenters. The van der Waals surface area contributed by atoms with Gasteiger partial charge in [0.1, 0.15) is 0 Å². The predicted octanol–water partition coefficient (Wildman–Crippen LogP) is 1.84. The number of carbonyl (C=O) groups excluding carboxylic acids is 1. The third kappa shape index (κ3) is 3.21. The molecule has 5 nitrogen and oxygen atoms in total. The highest BCUT2D eigenvalue weighted by molar-refractivity contribution is 7.90. The number of methoxy groups -OCH3 is 1. The van der Waals surface area contributed by atoms with Crippen molar-refractivity contribution in [2.45, 2.75) is 10.8 Å². The minimum Gasteiger partial charge on any atom is -0.465 e. The minimum atomic E-state index is -3.60. The van der Waals surface area contributed by atoms with Crippen LogP contribution in [0, 0.1) is 0 Å². The molecule has 0 saturated heterocycles. The minimum absolute atomic E-state index is 0.135. The Morgan fingerprint density at radius 3 is 2.55 bits per heavy atom. The van der Waals surface area contributed by atoms with Crippen LogP contribution in [0.3, 0.4) is 0 Å². The Morgan fingerprint density at radius 2 is 1.90 bits per heavy atom. The van der Waals surface area contributed by atoms with Crippen LogP contribution in [-0.4, -0.2) is 26.5 Å². The highest BCUT2D eigenvalue weighted by Gasteiger charge is 2.19. The summed E-state index contributed by atoms with van der Waals surface area (Å²) in [4.78, 5) is 15.2. The van der Waals surface area contributed by atoms with Crippen LogP contribution >= 0.6 is 0 Å². The van der Waals surface area contributed by atoms with Gasteiger partial charge in [-0.05, 0) is 17.7 Å². The maximum Gasteiger partial charge on any atom is 0.338 e. The normalized spacial score (nSPS) is 11.1. The first-order valence-electron chi connectivity index (χ1n) is 5.84. The number of hydrogen-bond donors (Lipinski definition) is 0. The Kier molecular flexibility index (Phi) is 4.14. The summed E-state index contributed by atoms with van der Waals surface area (Å²) in [6, 6.07) is 11.4. The predicted molar refractivity (Wildman–Crippen MR) is 72.9 cm³/mol. The lowest BCUT2D eigenvalue weighted by molar-refractivity contribution is 0.0600. The Labute approximate surface area is 117 Å². The lowest BCUT2D eigenvalue weighted by atomic mass is 10.2. The first kappa shape index (κ1) is 14.2. The third-order valence-corrected chi connectivity index (χ3v) is 4.25. The first-order valence-corrected chi connectivity index (χ1v) is 7.49. The second-order valence-electron chi connectivity index (χ2n) is 4.12. The van der Waals surface area contributed by atoms with E-state index in [4.69, 9.17) is 0 Å². The van der Waals surface area contributed by atoms with E-state index in [-0.39, 0.29) is 16.3 Å². The maximum absolute atomic E-state index is 12.3. The highest BCUT2D eigenvalue weighted by Crippen LogP contribution is 2.15. The Hall–Kier alpha value is -2.21.